The van der Waals surface area contributed by atoms with Gasteiger partial charge >= 0.3 is 0 Å². The lowest BCUT2D eigenvalue weighted by atomic mass is 10.1. The smallest absolute Gasteiger partial charge is 0.280 e. The van der Waals surface area contributed by atoms with E-state index >= 15 is 0 Å². The number of thiol groups is 1. The second kappa shape index (κ2) is 3.30. The molecule has 0 aliphatic carbocycles. The van der Waals surface area contributed by atoms with Gasteiger partial charge in [-0.25, -0.2) is 0 Å². The number of fused-ring (bicyclic) bond motifs is 1. The van der Waals surface area contributed by atoms with E-state index in [0.29, 0.717) is 0 Å². The summed E-state index contributed by atoms with van der Waals surface area (Å²) in [6.45, 7) is 0.730. The summed E-state index contributed by atoms with van der Waals surface area (Å²) in [5.74, 6) is 0.914. The van der Waals surface area contributed by atoms with E-state index in [9.17, 15) is 4.79 Å². The van der Waals surface area contributed by atoms with Gasteiger partial charge in [-0.15, -0.1) is 0 Å². The van der Waals surface area contributed by atoms with Gasteiger partial charge in [0.25, 0.3) is 5.24 Å². The van der Waals surface area contributed by atoms with Crippen LogP contribution in [0, 0.1) is 0 Å². The van der Waals surface area contributed by atoms with Crippen LogP contribution in [0.3, 0.4) is 0 Å². The van der Waals surface area contributed by atoms with Gasteiger partial charge in [-0.1, -0.05) is 12.6 Å². The summed E-state index contributed by atoms with van der Waals surface area (Å²) < 4.78 is 5.33. The standard InChI is InChI=1S/C9H9NO2S/c11-9(13)10-7-1-2-8-6(5-7)3-4-12-8/h1-2,5H,3-4H2,(H2,10,11,13). The molecule has 0 bridgehead atoms. The Morgan fingerprint density at radius 1 is 1.54 bits per heavy atom. The molecule has 0 spiro atoms. The fourth-order valence-electron chi connectivity index (χ4n) is 1.39. The summed E-state index contributed by atoms with van der Waals surface area (Å²) in [6, 6.07) is 5.58. The molecule has 13 heavy (non-hydrogen) atoms. The molecule has 1 aliphatic rings. The molecule has 2 rings (SSSR count). The first kappa shape index (κ1) is 8.44. The van der Waals surface area contributed by atoms with Gasteiger partial charge in [-0.2, -0.15) is 0 Å². The molecule has 0 radical (unpaired) electrons. The predicted octanol–water partition coefficient (Wildman–Crippen LogP) is 2.08. The number of carbonyl (C=O) groups is 1. The van der Waals surface area contributed by atoms with Crippen LogP contribution in [-0.2, 0) is 6.42 Å². The third-order valence-corrected chi connectivity index (χ3v) is 2.05. The highest BCUT2D eigenvalue weighted by atomic mass is 32.1. The summed E-state index contributed by atoms with van der Waals surface area (Å²) in [5, 5.41) is 2.26. The highest BCUT2D eigenvalue weighted by molar-refractivity contribution is 7.96. The molecule has 4 heteroatoms. The van der Waals surface area contributed by atoms with Gasteiger partial charge in [0.05, 0.1) is 6.61 Å². The van der Waals surface area contributed by atoms with Crippen molar-refractivity contribution in [1.82, 2.24) is 0 Å². The number of benzene rings is 1. The first-order valence-electron chi connectivity index (χ1n) is 4.01. The Morgan fingerprint density at radius 3 is 3.15 bits per heavy atom. The van der Waals surface area contributed by atoms with Crippen LogP contribution in [0.1, 0.15) is 5.56 Å². The predicted molar refractivity (Wildman–Crippen MR) is 53.6 cm³/mol. The first-order valence-corrected chi connectivity index (χ1v) is 4.46. The van der Waals surface area contributed by atoms with Crippen LogP contribution in [0.15, 0.2) is 18.2 Å². The minimum Gasteiger partial charge on any atom is -0.493 e. The molecule has 68 valence electrons. The average Bonchev–Trinajstić information content (AvgIpc) is 2.49. The number of ether oxygens (including phenoxy) is 1. The maximum absolute atomic E-state index is 10.6. The van der Waals surface area contributed by atoms with E-state index in [-0.39, 0.29) is 5.24 Å². The van der Waals surface area contributed by atoms with E-state index < -0.39 is 0 Å². The molecule has 1 heterocycles. The fraction of sp³-hybridized carbons (Fsp3) is 0.222. The lowest BCUT2D eigenvalue weighted by Crippen LogP contribution is -2.00. The minimum absolute atomic E-state index is 0.348. The van der Waals surface area contributed by atoms with E-state index in [1.54, 1.807) is 6.07 Å². The van der Waals surface area contributed by atoms with E-state index in [2.05, 4.69) is 17.9 Å². The molecule has 1 aromatic carbocycles. The number of anilines is 1. The summed E-state index contributed by atoms with van der Waals surface area (Å²) in [5.41, 5.74) is 1.91. The SMILES string of the molecule is O=C(S)Nc1ccc2c(c1)CCO2. The van der Waals surface area contributed by atoms with E-state index in [4.69, 9.17) is 4.74 Å². The maximum Gasteiger partial charge on any atom is 0.280 e. The normalized spacial score (nSPS) is 13.3. The molecular formula is C9H9NO2S. The van der Waals surface area contributed by atoms with Crippen LogP contribution in [0.25, 0.3) is 0 Å². The van der Waals surface area contributed by atoms with Crippen LogP contribution in [0.5, 0.6) is 5.75 Å². The molecule has 1 aliphatic heterocycles. The third kappa shape index (κ3) is 1.78. The molecule has 0 atom stereocenters. The van der Waals surface area contributed by atoms with E-state index in [1.165, 1.54) is 0 Å². The van der Waals surface area contributed by atoms with Crippen LogP contribution in [0.4, 0.5) is 10.5 Å². The Balaban J connectivity index is 2.25. The minimum atomic E-state index is -0.348. The van der Waals surface area contributed by atoms with Crippen molar-refractivity contribution in [3.05, 3.63) is 23.8 Å². The Hall–Kier alpha value is -1.16. The highest BCUT2D eigenvalue weighted by Gasteiger charge is 2.11. The number of rotatable bonds is 1. The quantitative estimate of drug-likeness (QED) is 0.673. The van der Waals surface area contributed by atoms with Crippen LogP contribution in [0.2, 0.25) is 0 Å². The van der Waals surface area contributed by atoms with Crippen LogP contribution >= 0.6 is 12.6 Å². The molecular weight excluding hydrogens is 186 g/mol. The van der Waals surface area contributed by atoms with Gasteiger partial charge in [0.2, 0.25) is 0 Å². The summed E-state index contributed by atoms with van der Waals surface area (Å²) >= 11 is 3.63. The zero-order valence-electron chi connectivity index (χ0n) is 6.91. The molecule has 0 fully saturated rings. The first-order chi connectivity index (χ1) is 6.25. The van der Waals surface area contributed by atoms with Crippen molar-refractivity contribution in [1.29, 1.82) is 0 Å². The number of hydrogen-bond acceptors (Lipinski definition) is 2. The highest BCUT2D eigenvalue weighted by Crippen LogP contribution is 2.27. The molecule has 0 saturated carbocycles. The zero-order valence-corrected chi connectivity index (χ0v) is 7.80. The van der Waals surface area contributed by atoms with Gasteiger partial charge in [0.15, 0.2) is 0 Å². The zero-order chi connectivity index (χ0) is 9.26. The van der Waals surface area contributed by atoms with E-state index in [0.717, 1.165) is 30.0 Å². The summed E-state index contributed by atoms with van der Waals surface area (Å²) in [6.07, 6.45) is 0.908. The van der Waals surface area contributed by atoms with Crippen LogP contribution < -0.4 is 10.1 Å². The lowest BCUT2D eigenvalue weighted by molar-refractivity contribution is 0.270. The van der Waals surface area contributed by atoms with Crippen molar-refractivity contribution in [3.63, 3.8) is 0 Å². The van der Waals surface area contributed by atoms with Crippen molar-refractivity contribution < 1.29 is 9.53 Å². The van der Waals surface area contributed by atoms with Crippen molar-refractivity contribution in [2.24, 2.45) is 0 Å². The molecule has 1 N–H and O–H groups in total. The lowest BCUT2D eigenvalue weighted by Gasteiger charge is -2.03. The van der Waals surface area contributed by atoms with Crippen molar-refractivity contribution in [3.8, 4) is 5.75 Å². The molecule has 3 nitrogen and oxygen atoms in total. The number of nitrogens with one attached hydrogen (secondary N) is 1. The fourth-order valence-corrected chi connectivity index (χ4v) is 1.52. The second-order valence-electron chi connectivity index (χ2n) is 2.85. The Labute approximate surface area is 81.5 Å². The van der Waals surface area contributed by atoms with Gasteiger partial charge in [0, 0.05) is 12.1 Å². The molecule has 0 aromatic heterocycles. The Morgan fingerprint density at radius 2 is 2.38 bits per heavy atom. The number of amides is 1. The van der Waals surface area contributed by atoms with E-state index in [1.807, 2.05) is 12.1 Å². The number of hydrogen-bond donors (Lipinski definition) is 2. The van der Waals surface area contributed by atoms with Gasteiger partial charge < -0.3 is 10.1 Å². The molecule has 1 amide bonds. The topological polar surface area (TPSA) is 38.3 Å². The molecule has 0 saturated heterocycles. The summed E-state index contributed by atoms with van der Waals surface area (Å²) in [7, 11) is 0. The number of carbonyl (C=O) groups excluding carboxylic acids is 1. The Kier molecular flexibility index (Phi) is 2.14. The molecule has 1 aromatic rings. The molecule has 0 unspecified atom stereocenters. The third-order valence-electron chi connectivity index (χ3n) is 1.94. The van der Waals surface area contributed by atoms with Crippen molar-refractivity contribution in [2.45, 2.75) is 6.42 Å². The summed E-state index contributed by atoms with van der Waals surface area (Å²) in [4.78, 5) is 10.6. The van der Waals surface area contributed by atoms with Crippen molar-refractivity contribution >= 4 is 23.6 Å². The maximum atomic E-state index is 10.6. The van der Waals surface area contributed by atoms with Crippen LogP contribution in [-0.4, -0.2) is 11.8 Å². The Bertz CT molecular complexity index is 351. The monoisotopic (exact) mass is 195 g/mol. The average molecular weight is 195 g/mol. The van der Waals surface area contributed by atoms with Gasteiger partial charge in [-0.3, -0.25) is 4.79 Å². The van der Waals surface area contributed by atoms with Crippen molar-refractivity contribution in [2.75, 3.05) is 11.9 Å². The van der Waals surface area contributed by atoms with Gasteiger partial charge in [-0.05, 0) is 23.8 Å². The second-order valence-corrected chi connectivity index (χ2v) is 3.26. The van der Waals surface area contributed by atoms with Gasteiger partial charge in [0.1, 0.15) is 5.75 Å². The largest absolute Gasteiger partial charge is 0.493 e.